The molecule has 2 heterocycles. The fourth-order valence-corrected chi connectivity index (χ4v) is 3.57. The van der Waals surface area contributed by atoms with E-state index in [-0.39, 0.29) is 49.4 Å². The first kappa shape index (κ1) is 18.4. The first-order valence-corrected chi connectivity index (χ1v) is 8.69. The molecule has 2 aromatic heterocycles. The molecule has 0 saturated heterocycles. The van der Waals surface area contributed by atoms with Gasteiger partial charge in [-0.3, -0.25) is 9.97 Å². The van der Waals surface area contributed by atoms with Crippen molar-refractivity contribution in [3.63, 3.8) is 0 Å². The van der Waals surface area contributed by atoms with Crippen molar-refractivity contribution >= 4 is 21.8 Å². The average molecular weight is 484 g/mol. The summed E-state index contributed by atoms with van der Waals surface area (Å²) in [5, 5.41) is 2.26. The van der Waals surface area contributed by atoms with Gasteiger partial charge < -0.3 is 0 Å². The van der Waals surface area contributed by atoms with Crippen molar-refractivity contribution in [2.45, 2.75) is 0 Å². The van der Waals surface area contributed by atoms with E-state index in [1.807, 2.05) is 24.5 Å². The molecule has 0 atom stereocenters. The summed E-state index contributed by atoms with van der Waals surface area (Å²) in [4.78, 5) is 9.34. The Morgan fingerprint density at radius 1 is 0.444 bits per heavy atom. The summed E-state index contributed by atoms with van der Waals surface area (Å²) in [7, 11) is 0. The van der Waals surface area contributed by atoms with Crippen LogP contribution in [-0.2, 0) is 0 Å². The van der Waals surface area contributed by atoms with E-state index >= 15 is 0 Å². The summed E-state index contributed by atoms with van der Waals surface area (Å²) in [6.45, 7) is 0. The first-order valence-electron chi connectivity index (χ1n) is 8.69. The van der Waals surface area contributed by atoms with Crippen LogP contribution in [0.25, 0.3) is 44.1 Å². The Morgan fingerprint density at radius 3 is 1.26 bits per heavy atom. The van der Waals surface area contributed by atoms with Crippen LogP contribution in [0.1, 0.15) is 0 Å². The summed E-state index contributed by atoms with van der Waals surface area (Å²) in [5.41, 5.74) is 6.65. The van der Waals surface area contributed by atoms with E-state index in [9.17, 15) is 0 Å². The maximum Gasteiger partial charge on any atom is 2.00 e. The van der Waals surface area contributed by atoms with E-state index in [2.05, 4.69) is 82.8 Å². The number of hydrogen-bond acceptors (Lipinski definition) is 2. The number of benzene rings is 3. The number of fused-ring (bicyclic) bond motifs is 3. The Morgan fingerprint density at radius 2 is 0.852 bits per heavy atom. The predicted molar refractivity (Wildman–Crippen MR) is 108 cm³/mol. The Hall–Kier alpha value is -1.94. The van der Waals surface area contributed by atoms with Crippen LogP contribution in [0.4, 0.5) is 0 Å². The topological polar surface area (TPSA) is 25.8 Å². The third-order valence-corrected chi connectivity index (χ3v) is 4.79. The third kappa shape index (κ3) is 3.36. The fraction of sp³-hybridized carbons (Fsp3) is 0. The van der Waals surface area contributed by atoms with Gasteiger partial charge in [-0.2, -0.15) is 0 Å². The van der Waals surface area contributed by atoms with E-state index in [4.69, 9.17) is 0 Å². The van der Waals surface area contributed by atoms with Crippen molar-refractivity contribution in [1.29, 1.82) is 0 Å². The molecule has 0 amide bonds. The number of hydrogen-bond donors (Lipinski definition) is 0. The third-order valence-electron chi connectivity index (χ3n) is 4.79. The molecule has 0 unspecified atom stereocenters. The molecule has 1 radical (unpaired) electrons. The smallest absolute Gasteiger partial charge is 0.254 e. The standard InChI is InChI=1S/C24H16N2.Eu/c1-3-7-17(8-4-1)19-13-15-25-23-21(19)11-12-22-20(14-16-26-24(22)23)18-9-5-2-6-10-18;/h1-16H;/q;+2. The first-order chi connectivity index (χ1) is 12.9. The van der Waals surface area contributed by atoms with Gasteiger partial charge in [0.25, 0.3) is 0 Å². The molecule has 0 saturated carbocycles. The molecule has 0 aliphatic carbocycles. The van der Waals surface area contributed by atoms with Crippen molar-refractivity contribution in [3.05, 3.63) is 97.3 Å². The van der Waals surface area contributed by atoms with E-state index in [1.54, 1.807) is 0 Å². The monoisotopic (exact) mass is 485 g/mol. The molecule has 27 heavy (non-hydrogen) atoms. The second-order valence-electron chi connectivity index (χ2n) is 6.31. The van der Waals surface area contributed by atoms with E-state index in [0.29, 0.717) is 0 Å². The Bertz CT molecular complexity index is 1120. The van der Waals surface area contributed by atoms with E-state index in [0.717, 1.165) is 21.8 Å². The van der Waals surface area contributed by atoms with E-state index in [1.165, 1.54) is 22.3 Å². The summed E-state index contributed by atoms with van der Waals surface area (Å²) in [6, 6.07) is 29.3. The molecule has 127 valence electrons. The molecule has 0 N–H and O–H groups in total. The molecule has 0 aliphatic rings. The quantitative estimate of drug-likeness (QED) is 0.282. The van der Waals surface area contributed by atoms with Gasteiger partial charge in [-0.1, -0.05) is 72.8 Å². The van der Waals surface area contributed by atoms with Gasteiger partial charge in [0.05, 0.1) is 11.0 Å². The summed E-state index contributed by atoms with van der Waals surface area (Å²) >= 11 is 0. The van der Waals surface area contributed by atoms with Gasteiger partial charge in [0.15, 0.2) is 0 Å². The molecule has 0 aliphatic heterocycles. The fourth-order valence-electron chi connectivity index (χ4n) is 3.57. The minimum absolute atomic E-state index is 0. The van der Waals surface area contributed by atoms with Crippen LogP contribution >= 0.6 is 0 Å². The van der Waals surface area contributed by atoms with Crippen LogP contribution in [0.15, 0.2) is 97.3 Å². The Labute approximate surface area is 198 Å². The maximum absolute atomic E-state index is 4.67. The number of nitrogens with zero attached hydrogens (tertiary/aromatic N) is 2. The summed E-state index contributed by atoms with van der Waals surface area (Å²) < 4.78 is 0. The molecule has 0 spiro atoms. The van der Waals surface area contributed by atoms with Gasteiger partial charge in [0.1, 0.15) is 0 Å². The van der Waals surface area contributed by atoms with Crippen LogP contribution in [0.2, 0.25) is 0 Å². The second-order valence-corrected chi connectivity index (χ2v) is 6.31. The van der Waals surface area contributed by atoms with E-state index < -0.39 is 0 Å². The molecule has 5 aromatic rings. The van der Waals surface area contributed by atoms with Crippen LogP contribution in [-0.4, -0.2) is 9.97 Å². The molecule has 3 heteroatoms. The zero-order valence-corrected chi connectivity index (χ0v) is 16.9. The SMILES string of the molecule is [Eu+2].c1ccc(-c2ccnc3c2ccc2c(-c4ccccc4)ccnc23)cc1. The minimum atomic E-state index is 0. The number of aromatic nitrogens is 2. The number of rotatable bonds is 2. The molecule has 5 rings (SSSR count). The molecule has 3 aromatic carbocycles. The second kappa shape index (κ2) is 7.98. The minimum Gasteiger partial charge on any atom is -0.254 e. The van der Waals surface area contributed by atoms with Crippen LogP contribution in [0.5, 0.6) is 0 Å². The van der Waals surface area contributed by atoms with Gasteiger partial charge in [-0.15, -0.1) is 0 Å². The van der Waals surface area contributed by atoms with Crippen molar-refractivity contribution in [1.82, 2.24) is 9.97 Å². The summed E-state index contributed by atoms with van der Waals surface area (Å²) in [5.74, 6) is 0. The molecule has 2 nitrogen and oxygen atoms in total. The Kier molecular flexibility index (Phi) is 5.44. The largest absolute Gasteiger partial charge is 2.00 e. The van der Waals surface area contributed by atoms with Crippen LogP contribution in [0, 0.1) is 49.4 Å². The van der Waals surface area contributed by atoms with Crippen molar-refractivity contribution in [3.8, 4) is 22.3 Å². The average Bonchev–Trinajstić information content (AvgIpc) is 2.74. The van der Waals surface area contributed by atoms with Gasteiger partial charge in [0.2, 0.25) is 0 Å². The van der Waals surface area contributed by atoms with Crippen molar-refractivity contribution < 1.29 is 49.4 Å². The molecular formula is C24H16EuN2+2. The summed E-state index contributed by atoms with van der Waals surface area (Å²) in [6.07, 6.45) is 3.75. The van der Waals surface area contributed by atoms with Gasteiger partial charge in [0, 0.05) is 23.2 Å². The zero-order chi connectivity index (χ0) is 17.3. The van der Waals surface area contributed by atoms with Crippen LogP contribution in [0.3, 0.4) is 0 Å². The van der Waals surface area contributed by atoms with Gasteiger partial charge in [-0.05, 0) is 34.4 Å². The maximum atomic E-state index is 4.67. The van der Waals surface area contributed by atoms with Crippen molar-refractivity contribution in [2.75, 3.05) is 0 Å². The van der Waals surface area contributed by atoms with Crippen molar-refractivity contribution in [2.24, 2.45) is 0 Å². The molecule has 0 bridgehead atoms. The van der Waals surface area contributed by atoms with Gasteiger partial charge in [-0.25, -0.2) is 0 Å². The van der Waals surface area contributed by atoms with Gasteiger partial charge >= 0.3 is 49.4 Å². The molecule has 0 fully saturated rings. The molecular weight excluding hydrogens is 468 g/mol. The van der Waals surface area contributed by atoms with Crippen LogP contribution < -0.4 is 0 Å². The normalized spacial score (nSPS) is 10.7. The number of pyridine rings is 2. The Balaban J connectivity index is 0.00000180. The zero-order valence-electron chi connectivity index (χ0n) is 14.5. The predicted octanol–water partition coefficient (Wildman–Crippen LogP) is 6.12.